The number of aryl methyl sites for hydroxylation is 1. The van der Waals surface area contributed by atoms with Gasteiger partial charge in [-0.15, -0.1) is 0 Å². The Kier molecular flexibility index (Phi) is 6.40. The van der Waals surface area contributed by atoms with Gasteiger partial charge in [-0.3, -0.25) is 4.79 Å². The molecule has 0 saturated carbocycles. The zero-order valence-corrected chi connectivity index (χ0v) is 15.5. The van der Waals surface area contributed by atoms with Gasteiger partial charge in [0.1, 0.15) is 15.7 Å². The third-order valence-electron chi connectivity index (χ3n) is 4.40. The lowest BCUT2D eigenvalue weighted by Gasteiger charge is -2.36. The summed E-state index contributed by atoms with van der Waals surface area (Å²) in [6, 6.07) is 3.80. The Morgan fingerprint density at radius 1 is 1.48 bits per heavy atom. The number of benzene rings is 1. The number of nitrogens with one attached hydrogen (secondary N) is 1. The molecule has 2 rings (SSSR count). The predicted molar refractivity (Wildman–Crippen MR) is 96.8 cm³/mol. The molecule has 1 saturated heterocycles. The van der Waals surface area contributed by atoms with Crippen molar-refractivity contribution in [2.75, 3.05) is 30.0 Å². The number of carbonyl (C=O) groups is 1. The Morgan fingerprint density at radius 3 is 2.84 bits per heavy atom. The molecule has 25 heavy (non-hydrogen) atoms. The van der Waals surface area contributed by atoms with E-state index in [1.165, 1.54) is 12.1 Å². The van der Waals surface area contributed by atoms with Crippen molar-refractivity contribution in [2.24, 2.45) is 5.73 Å². The summed E-state index contributed by atoms with van der Waals surface area (Å²) in [6.45, 7) is 3.33. The topological polar surface area (TPSA) is 92.5 Å². The van der Waals surface area contributed by atoms with E-state index < -0.39 is 15.9 Å². The van der Waals surface area contributed by atoms with Gasteiger partial charge in [0.25, 0.3) is 0 Å². The lowest BCUT2D eigenvalue weighted by Crippen LogP contribution is -2.52. The van der Waals surface area contributed by atoms with Gasteiger partial charge in [0.05, 0.1) is 11.8 Å². The summed E-state index contributed by atoms with van der Waals surface area (Å²) < 4.78 is 35.6. The molecule has 1 heterocycles. The summed E-state index contributed by atoms with van der Waals surface area (Å²) in [4.78, 5) is 14.3. The Balaban J connectivity index is 1.93. The number of rotatable bonds is 6. The SMILES string of the molecule is Cc1cc(F)ccc1N1CCCC(NC(=O)C(N)CCS(C)(=O)=O)C1. The van der Waals surface area contributed by atoms with E-state index >= 15 is 0 Å². The van der Waals surface area contributed by atoms with Crippen molar-refractivity contribution < 1.29 is 17.6 Å². The molecular weight excluding hydrogens is 345 g/mol. The lowest BCUT2D eigenvalue weighted by molar-refractivity contribution is -0.123. The van der Waals surface area contributed by atoms with Crippen molar-refractivity contribution in [1.29, 1.82) is 0 Å². The van der Waals surface area contributed by atoms with Crippen LogP contribution in [0.4, 0.5) is 10.1 Å². The first kappa shape index (κ1) is 19.7. The smallest absolute Gasteiger partial charge is 0.237 e. The highest BCUT2D eigenvalue weighted by atomic mass is 32.2. The Bertz CT molecular complexity index is 724. The number of hydrogen-bond acceptors (Lipinski definition) is 5. The molecule has 1 aromatic carbocycles. The highest BCUT2D eigenvalue weighted by Crippen LogP contribution is 2.24. The van der Waals surface area contributed by atoms with Gasteiger partial charge in [-0.2, -0.15) is 0 Å². The number of sulfone groups is 1. The van der Waals surface area contributed by atoms with Crippen molar-refractivity contribution in [3.8, 4) is 0 Å². The van der Waals surface area contributed by atoms with Gasteiger partial charge in [0.2, 0.25) is 5.91 Å². The molecule has 1 fully saturated rings. The molecule has 2 atom stereocenters. The number of carbonyl (C=O) groups excluding carboxylic acids is 1. The molecule has 0 radical (unpaired) electrons. The van der Waals surface area contributed by atoms with Crippen LogP contribution < -0.4 is 16.0 Å². The second-order valence-electron chi connectivity index (χ2n) is 6.75. The fraction of sp³-hybridized carbons (Fsp3) is 0.588. The maximum absolute atomic E-state index is 13.3. The van der Waals surface area contributed by atoms with Gasteiger partial charge in [-0.05, 0) is 49.9 Å². The van der Waals surface area contributed by atoms with Crippen LogP contribution in [0.15, 0.2) is 18.2 Å². The summed E-state index contributed by atoms with van der Waals surface area (Å²) in [5.41, 5.74) is 7.61. The van der Waals surface area contributed by atoms with Crippen LogP contribution in [-0.4, -0.2) is 51.5 Å². The van der Waals surface area contributed by atoms with E-state index in [2.05, 4.69) is 10.2 Å². The quantitative estimate of drug-likeness (QED) is 0.778. The molecule has 1 aliphatic heterocycles. The fourth-order valence-corrected chi connectivity index (χ4v) is 3.75. The molecule has 6 nitrogen and oxygen atoms in total. The maximum Gasteiger partial charge on any atom is 0.237 e. The molecule has 0 bridgehead atoms. The monoisotopic (exact) mass is 371 g/mol. The summed E-state index contributed by atoms with van der Waals surface area (Å²) in [5, 5.41) is 2.91. The molecule has 1 aromatic rings. The van der Waals surface area contributed by atoms with Crippen LogP contribution in [0, 0.1) is 12.7 Å². The summed E-state index contributed by atoms with van der Waals surface area (Å²) in [7, 11) is -3.14. The third kappa shape index (κ3) is 5.97. The van der Waals surface area contributed by atoms with Gasteiger partial charge in [-0.1, -0.05) is 0 Å². The van der Waals surface area contributed by atoms with Crippen molar-refractivity contribution >= 4 is 21.4 Å². The van der Waals surface area contributed by atoms with E-state index in [4.69, 9.17) is 5.73 Å². The molecule has 8 heteroatoms. The largest absolute Gasteiger partial charge is 0.369 e. The molecule has 1 aliphatic rings. The standard InChI is InChI=1S/C17H26FN3O3S/c1-12-10-13(18)5-6-16(12)21-8-3-4-14(11-21)20-17(22)15(19)7-9-25(2,23)24/h5-6,10,14-15H,3-4,7-9,11,19H2,1-2H3,(H,20,22). The van der Waals surface area contributed by atoms with Gasteiger partial charge in [0.15, 0.2) is 0 Å². The van der Waals surface area contributed by atoms with Crippen LogP contribution in [0.5, 0.6) is 0 Å². The van der Waals surface area contributed by atoms with E-state index in [9.17, 15) is 17.6 Å². The molecule has 0 spiro atoms. The van der Waals surface area contributed by atoms with E-state index in [1.54, 1.807) is 6.07 Å². The van der Waals surface area contributed by atoms with Crippen molar-refractivity contribution in [2.45, 2.75) is 38.3 Å². The van der Waals surface area contributed by atoms with Gasteiger partial charge in [0, 0.05) is 31.1 Å². The molecule has 0 aliphatic carbocycles. The summed E-state index contributed by atoms with van der Waals surface area (Å²) in [6.07, 6.45) is 2.97. The van der Waals surface area contributed by atoms with Crippen LogP contribution in [0.2, 0.25) is 0 Å². The van der Waals surface area contributed by atoms with Gasteiger partial charge >= 0.3 is 0 Å². The highest BCUT2D eigenvalue weighted by Gasteiger charge is 2.25. The number of amides is 1. The van der Waals surface area contributed by atoms with E-state index in [0.29, 0.717) is 6.54 Å². The zero-order valence-electron chi connectivity index (χ0n) is 14.7. The van der Waals surface area contributed by atoms with Crippen LogP contribution in [-0.2, 0) is 14.6 Å². The second-order valence-corrected chi connectivity index (χ2v) is 9.01. The van der Waals surface area contributed by atoms with E-state index in [1.807, 2.05) is 6.92 Å². The number of nitrogens with zero attached hydrogens (tertiary/aromatic N) is 1. The second kappa shape index (κ2) is 8.14. The van der Waals surface area contributed by atoms with Gasteiger partial charge < -0.3 is 16.0 Å². The minimum Gasteiger partial charge on any atom is -0.369 e. The number of piperidine rings is 1. The molecule has 2 unspecified atom stereocenters. The van der Waals surface area contributed by atoms with Crippen molar-refractivity contribution in [3.05, 3.63) is 29.6 Å². The average Bonchev–Trinajstić information content (AvgIpc) is 2.52. The maximum atomic E-state index is 13.3. The van der Waals surface area contributed by atoms with Crippen LogP contribution in [0.1, 0.15) is 24.8 Å². The first-order chi connectivity index (χ1) is 11.7. The normalized spacial score (nSPS) is 19.5. The fourth-order valence-electron chi connectivity index (χ4n) is 3.07. The minimum atomic E-state index is -3.14. The van der Waals surface area contributed by atoms with Gasteiger partial charge in [-0.25, -0.2) is 12.8 Å². The number of hydrogen-bond donors (Lipinski definition) is 2. The van der Waals surface area contributed by atoms with Crippen LogP contribution >= 0.6 is 0 Å². The van der Waals surface area contributed by atoms with Crippen molar-refractivity contribution in [3.63, 3.8) is 0 Å². The van der Waals surface area contributed by atoms with Crippen molar-refractivity contribution in [1.82, 2.24) is 5.32 Å². The van der Waals surface area contributed by atoms with Crippen LogP contribution in [0.3, 0.4) is 0 Å². The Labute approximate surface area is 148 Å². The summed E-state index contributed by atoms with van der Waals surface area (Å²) in [5.74, 6) is -0.695. The number of halogens is 1. The zero-order chi connectivity index (χ0) is 18.6. The van der Waals surface area contributed by atoms with Crippen LogP contribution in [0.25, 0.3) is 0 Å². The average molecular weight is 371 g/mol. The first-order valence-electron chi connectivity index (χ1n) is 8.40. The van der Waals surface area contributed by atoms with E-state index in [0.717, 1.165) is 36.9 Å². The predicted octanol–water partition coefficient (Wildman–Crippen LogP) is 0.981. The molecule has 0 aromatic heterocycles. The Hall–Kier alpha value is -1.67. The first-order valence-corrected chi connectivity index (χ1v) is 10.5. The van der Waals surface area contributed by atoms with E-state index in [-0.39, 0.29) is 29.9 Å². The summed E-state index contributed by atoms with van der Waals surface area (Å²) >= 11 is 0. The Morgan fingerprint density at radius 2 is 2.20 bits per heavy atom. The molecule has 1 amide bonds. The number of anilines is 1. The molecule has 3 N–H and O–H groups in total. The third-order valence-corrected chi connectivity index (χ3v) is 5.38. The molecular formula is C17H26FN3O3S. The molecule has 140 valence electrons. The number of nitrogens with two attached hydrogens (primary N) is 1. The minimum absolute atomic E-state index is 0.0602. The lowest BCUT2D eigenvalue weighted by atomic mass is 10.0. The highest BCUT2D eigenvalue weighted by molar-refractivity contribution is 7.90.